The summed E-state index contributed by atoms with van der Waals surface area (Å²) in [5, 5.41) is 11.9. The van der Waals surface area contributed by atoms with Crippen LogP contribution in [0.15, 0.2) is 34.7 Å². The first kappa shape index (κ1) is 14.7. The molecule has 0 unspecified atom stereocenters. The van der Waals surface area contributed by atoms with Gasteiger partial charge >= 0.3 is 6.03 Å². The Morgan fingerprint density at radius 2 is 2.00 bits per heavy atom. The minimum atomic E-state index is -0.807. The van der Waals surface area contributed by atoms with Crippen LogP contribution >= 0.6 is 0 Å². The molecule has 0 fully saturated rings. The summed E-state index contributed by atoms with van der Waals surface area (Å²) in [6, 6.07) is 7.77. The van der Waals surface area contributed by atoms with Crippen molar-refractivity contribution in [3.05, 3.63) is 41.7 Å². The molecule has 0 atom stereocenters. The number of aromatic amines is 1. The number of aliphatic hydroxyl groups is 1. The van der Waals surface area contributed by atoms with Crippen molar-refractivity contribution in [2.24, 2.45) is 11.5 Å². The number of carbonyl (C=O) groups is 2. The van der Waals surface area contributed by atoms with Crippen LogP contribution in [0.5, 0.6) is 0 Å². The van der Waals surface area contributed by atoms with Crippen molar-refractivity contribution in [1.82, 2.24) is 4.98 Å². The number of hydrogen-bond donors (Lipinski definition) is 5. The van der Waals surface area contributed by atoms with E-state index in [0.717, 1.165) is 5.56 Å². The molecule has 0 radical (unpaired) electrons. The van der Waals surface area contributed by atoms with Crippen molar-refractivity contribution in [1.29, 1.82) is 0 Å². The maximum absolute atomic E-state index is 11.6. The van der Waals surface area contributed by atoms with Gasteiger partial charge in [0.25, 0.3) is 5.91 Å². The van der Waals surface area contributed by atoms with Gasteiger partial charge in [-0.2, -0.15) is 0 Å². The SMILES string of the molecule is NC(=O)Nc1[nH]c2cc(-c3ccc(CO)o3)ccc2c1C(N)=O. The van der Waals surface area contributed by atoms with E-state index in [1.54, 1.807) is 30.3 Å². The number of H-pyrrole nitrogens is 1. The van der Waals surface area contributed by atoms with Gasteiger partial charge < -0.3 is 26.0 Å². The molecule has 3 rings (SSSR count). The van der Waals surface area contributed by atoms with Gasteiger partial charge in [-0.3, -0.25) is 10.1 Å². The molecule has 0 saturated carbocycles. The smallest absolute Gasteiger partial charge is 0.317 e. The van der Waals surface area contributed by atoms with Crippen LogP contribution in [0.3, 0.4) is 0 Å². The second kappa shape index (κ2) is 5.50. The standard InChI is InChI=1S/C15H14N4O4/c16-13(21)12-9-3-1-7(11-4-2-8(6-20)23-11)5-10(9)18-14(12)19-15(17)22/h1-5,18,20H,6H2,(H2,16,21)(H3,17,19,22). The number of aromatic nitrogens is 1. The molecule has 8 heteroatoms. The van der Waals surface area contributed by atoms with Gasteiger partial charge in [0.1, 0.15) is 23.9 Å². The number of urea groups is 1. The lowest BCUT2D eigenvalue weighted by Crippen LogP contribution is -2.22. The van der Waals surface area contributed by atoms with Gasteiger partial charge in [-0.15, -0.1) is 0 Å². The molecule has 0 aliphatic rings. The highest BCUT2D eigenvalue weighted by molar-refractivity contribution is 6.13. The normalized spacial score (nSPS) is 10.8. The van der Waals surface area contributed by atoms with Crippen molar-refractivity contribution < 1.29 is 19.1 Å². The van der Waals surface area contributed by atoms with Crippen LogP contribution in [0.4, 0.5) is 10.6 Å². The van der Waals surface area contributed by atoms with Crippen molar-refractivity contribution in [2.45, 2.75) is 6.61 Å². The maximum atomic E-state index is 11.6. The Balaban J connectivity index is 2.12. The topological polar surface area (TPSA) is 147 Å². The summed E-state index contributed by atoms with van der Waals surface area (Å²) in [7, 11) is 0. The molecular formula is C15H14N4O4. The minimum Gasteiger partial charge on any atom is -0.459 e. The number of rotatable bonds is 4. The quantitative estimate of drug-likeness (QED) is 0.496. The number of amides is 3. The zero-order chi connectivity index (χ0) is 16.6. The number of primary amides is 2. The maximum Gasteiger partial charge on any atom is 0.317 e. The highest BCUT2D eigenvalue weighted by Gasteiger charge is 2.18. The Morgan fingerprint density at radius 1 is 1.22 bits per heavy atom. The first-order chi connectivity index (χ1) is 11.0. The predicted octanol–water partition coefficient (Wildman–Crippen LogP) is 1.51. The Labute approximate surface area is 130 Å². The molecule has 1 aromatic carbocycles. The average molecular weight is 314 g/mol. The Kier molecular flexibility index (Phi) is 3.51. The second-order valence-electron chi connectivity index (χ2n) is 4.91. The van der Waals surface area contributed by atoms with Crippen molar-refractivity contribution in [3.8, 4) is 11.3 Å². The molecule has 7 N–H and O–H groups in total. The van der Waals surface area contributed by atoms with Crippen LogP contribution in [-0.4, -0.2) is 22.0 Å². The minimum absolute atomic E-state index is 0.146. The number of carbonyl (C=O) groups excluding carboxylic acids is 2. The van der Waals surface area contributed by atoms with Crippen LogP contribution < -0.4 is 16.8 Å². The molecule has 118 valence electrons. The zero-order valence-electron chi connectivity index (χ0n) is 11.9. The molecule has 0 saturated heterocycles. The van der Waals surface area contributed by atoms with Gasteiger partial charge in [0, 0.05) is 16.5 Å². The lowest BCUT2D eigenvalue weighted by Gasteiger charge is -2.00. The van der Waals surface area contributed by atoms with Gasteiger partial charge in [-0.25, -0.2) is 4.79 Å². The number of nitrogens with two attached hydrogens (primary N) is 2. The van der Waals surface area contributed by atoms with E-state index >= 15 is 0 Å². The number of hydrogen-bond acceptors (Lipinski definition) is 4. The third-order valence-electron chi connectivity index (χ3n) is 3.40. The van der Waals surface area contributed by atoms with E-state index in [4.69, 9.17) is 21.0 Å². The van der Waals surface area contributed by atoms with Crippen LogP contribution in [-0.2, 0) is 6.61 Å². The number of benzene rings is 1. The molecule has 2 aromatic heterocycles. The fourth-order valence-electron chi connectivity index (χ4n) is 2.44. The molecule has 8 nitrogen and oxygen atoms in total. The third kappa shape index (κ3) is 2.62. The van der Waals surface area contributed by atoms with Crippen molar-refractivity contribution in [2.75, 3.05) is 5.32 Å². The van der Waals surface area contributed by atoms with Crippen molar-refractivity contribution in [3.63, 3.8) is 0 Å². The second-order valence-corrected chi connectivity index (χ2v) is 4.91. The largest absolute Gasteiger partial charge is 0.459 e. The fourth-order valence-corrected chi connectivity index (χ4v) is 2.44. The predicted molar refractivity (Wildman–Crippen MR) is 83.6 cm³/mol. The van der Waals surface area contributed by atoms with Crippen LogP contribution in [0, 0.1) is 0 Å². The summed E-state index contributed by atoms with van der Waals surface area (Å²) < 4.78 is 5.47. The van der Waals surface area contributed by atoms with E-state index in [2.05, 4.69) is 10.3 Å². The number of nitrogens with one attached hydrogen (secondary N) is 2. The highest BCUT2D eigenvalue weighted by Crippen LogP contribution is 2.31. The summed E-state index contributed by atoms with van der Waals surface area (Å²) in [6.07, 6.45) is 0. The molecule has 0 bridgehead atoms. The monoisotopic (exact) mass is 314 g/mol. The van der Waals surface area contributed by atoms with Gasteiger partial charge in [0.2, 0.25) is 0 Å². The first-order valence-electron chi connectivity index (χ1n) is 6.71. The highest BCUT2D eigenvalue weighted by atomic mass is 16.4. The van der Waals surface area contributed by atoms with E-state index in [0.29, 0.717) is 22.4 Å². The van der Waals surface area contributed by atoms with Gasteiger partial charge in [0.15, 0.2) is 0 Å². The molecule has 0 aliphatic heterocycles. The lowest BCUT2D eigenvalue weighted by molar-refractivity contribution is 0.100. The van der Waals surface area contributed by atoms with Gasteiger partial charge in [-0.1, -0.05) is 12.1 Å². The Bertz CT molecular complexity index is 909. The number of fused-ring (bicyclic) bond motifs is 1. The first-order valence-corrected chi connectivity index (χ1v) is 6.71. The molecule has 3 aromatic rings. The van der Waals surface area contributed by atoms with Crippen LogP contribution in [0.25, 0.3) is 22.2 Å². The Morgan fingerprint density at radius 3 is 2.61 bits per heavy atom. The molecule has 2 heterocycles. The van der Waals surface area contributed by atoms with E-state index in [1.807, 2.05) is 0 Å². The summed E-state index contributed by atoms with van der Waals surface area (Å²) in [5.41, 5.74) is 11.9. The number of anilines is 1. The summed E-state index contributed by atoms with van der Waals surface area (Å²) in [6.45, 7) is -0.191. The van der Waals surface area contributed by atoms with Crippen LogP contribution in [0.1, 0.15) is 16.1 Å². The van der Waals surface area contributed by atoms with E-state index in [9.17, 15) is 9.59 Å². The fraction of sp³-hybridized carbons (Fsp3) is 0.0667. The average Bonchev–Trinajstić information content (AvgIpc) is 3.09. The third-order valence-corrected chi connectivity index (χ3v) is 3.40. The summed E-state index contributed by atoms with van der Waals surface area (Å²) in [5.74, 6) is 0.469. The molecule has 0 aliphatic carbocycles. The van der Waals surface area contributed by atoms with E-state index in [1.165, 1.54) is 0 Å². The molecule has 3 amide bonds. The van der Waals surface area contributed by atoms with E-state index < -0.39 is 11.9 Å². The Hall–Kier alpha value is -3.26. The summed E-state index contributed by atoms with van der Waals surface area (Å²) >= 11 is 0. The molecular weight excluding hydrogens is 300 g/mol. The lowest BCUT2D eigenvalue weighted by atomic mass is 10.1. The molecule has 23 heavy (non-hydrogen) atoms. The van der Waals surface area contributed by atoms with E-state index in [-0.39, 0.29) is 18.0 Å². The zero-order valence-corrected chi connectivity index (χ0v) is 11.9. The number of aliphatic hydroxyl groups excluding tert-OH is 1. The molecule has 0 spiro atoms. The van der Waals surface area contributed by atoms with Gasteiger partial charge in [0.05, 0.1) is 5.56 Å². The number of furan rings is 1. The van der Waals surface area contributed by atoms with Crippen molar-refractivity contribution >= 4 is 28.7 Å². The van der Waals surface area contributed by atoms with Gasteiger partial charge in [-0.05, 0) is 18.2 Å². The summed E-state index contributed by atoms with van der Waals surface area (Å²) in [4.78, 5) is 25.6. The van der Waals surface area contributed by atoms with Crippen LogP contribution in [0.2, 0.25) is 0 Å².